The van der Waals surface area contributed by atoms with Gasteiger partial charge in [-0.15, -0.1) is 0 Å². The molecule has 5 nitrogen and oxygen atoms in total. The van der Waals surface area contributed by atoms with Crippen molar-refractivity contribution in [1.29, 1.82) is 5.26 Å². The Morgan fingerprint density at radius 3 is 2.63 bits per heavy atom. The second-order valence-corrected chi connectivity index (χ2v) is 8.09. The average Bonchev–Trinajstić information content (AvgIpc) is 3.18. The highest BCUT2D eigenvalue weighted by molar-refractivity contribution is 6.31. The molecule has 0 radical (unpaired) electrons. The molecule has 5 rings (SSSR count). The fraction of sp³-hybridized carbons (Fsp3) is 0.250. The smallest absolute Gasteiger partial charge is 0.0999 e. The maximum absolute atomic E-state index is 9.82. The number of fused-ring (bicyclic) bond motifs is 2. The van der Waals surface area contributed by atoms with Gasteiger partial charge in [0.05, 0.1) is 41.6 Å². The number of anilines is 1. The Bertz CT molecular complexity index is 1330. The number of aromatic nitrogens is 2. The minimum Gasteiger partial charge on any atom is -0.378 e. The van der Waals surface area contributed by atoms with Crippen LogP contribution in [-0.4, -0.2) is 35.9 Å². The second kappa shape index (κ2) is 7.32. The van der Waals surface area contributed by atoms with E-state index >= 15 is 0 Å². The fourth-order valence-corrected chi connectivity index (χ4v) is 4.43. The first kappa shape index (κ1) is 18.9. The van der Waals surface area contributed by atoms with Crippen molar-refractivity contribution in [2.75, 3.05) is 31.2 Å². The van der Waals surface area contributed by atoms with Crippen LogP contribution in [0.2, 0.25) is 5.02 Å². The third kappa shape index (κ3) is 3.00. The number of aryl methyl sites for hydroxylation is 1. The van der Waals surface area contributed by atoms with Gasteiger partial charge in [0.1, 0.15) is 0 Å². The number of ether oxygens (including phenoxy) is 1. The molecule has 2 aromatic carbocycles. The van der Waals surface area contributed by atoms with Crippen molar-refractivity contribution in [3.05, 3.63) is 64.4 Å². The predicted molar refractivity (Wildman–Crippen MR) is 121 cm³/mol. The molecular weight excluding hydrogens is 396 g/mol. The van der Waals surface area contributed by atoms with Gasteiger partial charge in [-0.2, -0.15) is 5.26 Å². The van der Waals surface area contributed by atoms with E-state index in [0.717, 1.165) is 57.5 Å². The van der Waals surface area contributed by atoms with Crippen LogP contribution >= 0.6 is 11.6 Å². The van der Waals surface area contributed by atoms with Crippen LogP contribution in [0.1, 0.15) is 16.8 Å². The van der Waals surface area contributed by atoms with Crippen molar-refractivity contribution in [1.82, 2.24) is 9.55 Å². The third-order valence-corrected chi connectivity index (χ3v) is 6.17. The summed E-state index contributed by atoms with van der Waals surface area (Å²) in [6, 6.07) is 14.3. The van der Waals surface area contributed by atoms with Crippen LogP contribution < -0.4 is 4.90 Å². The van der Waals surface area contributed by atoms with Crippen LogP contribution in [0.4, 0.5) is 5.69 Å². The van der Waals surface area contributed by atoms with E-state index in [1.165, 1.54) is 0 Å². The van der Waals surface area contributed by atoms with Crippen LogP contribution in [0.5, 0.6) is 0 Å². The zero-order valence-electron chi connectivity index (χ0n) is 16.9. The summed E-state index contributed by atoms with van der Waals surface area (Å²) in [4.78, 5) is 7.02. The Labute approximate surface area is 180 Å². The normalized spacial score (nSPS) is 14.4. The Kier molecular flexibility index (Phi) is 4.62. The Morgan fingerprint density at radius 2 is 1.87 bits per heavy atom. The van der Waals surface area contributed by atoms with Gasteiger partial charge in [0.25, 0.3) is 0 Å². The van der Waals surface area contributed by atoms with Crippen LogP contribution in [0.3, 0.4) is 0 Å². The standard InChI is InChI=1S/C24H21ClN4O/c1-15-16(2)27-22-4-3-18(25)12-21(22)24(15)29-6-5-20-17(14-26)11-19(13-23(20)29)28-7-9-30-10-8-28/h3-6,11-13H,7-10H2,1-2H3. The van der Waals surface area contributed by atoms with Gasteiger partial charge in [0.15, 0.2) is 0 Å². The lowest BCUT2D eigenvalue weighted by atomic mass is 10.1. The van der Waals surface area contributed by atoms with Gasteiger partial charge >= 0.3 is 0 Å². The summed E-state index contributed by atoms with van der Waals surface area (Å²) in [5.41, 5.74) is 6.77. The highest BCUT2D eigenvalue weighted by Crippen LogP contribution is 2.34. The maximum Gasteiger partial charge on any atom is 0.0999 e. The topological polar surface area (TPSA) is 54.1 Å². The van der Waals surface area contributed by atoms with E-state index in [1.54, 1.807) is 0 Å². The first-order valence-electron chi connectivity index (χ1n) is 10.0. The van der Waals surface area contributed by atoms with Gasteiger partial charge in [0, 0.05) is 46.5 Å². The van der Waals surface area contributed by atoms with Crippen LogP contribution in [0.25, 0.3) is 27.5 Å². The van der Waals surface area contributed by atoms with Gasteiger partial charge in [0.2, 0.25) is 0 Å². The molecule has 2 aromatic heterocycles. The third-order valence-electron chi connectivity index (χ3n) is 5.93. The van der Waals surface area contributed by atoms with Crippen molar-refractivity contribution in [3.63, 3.8) is 0 Å². The molecule has 0 atom stereocenters. The number of morpholine rings is 1. The first-order chi connectivity index (χ1) is 14.6. The predicted octanol–water partition coefficient (Wildman–Crippen LogP) is 5.16. The monoisotopic (exact) mass is 416 g/mol. The molecule has 0 N–H and O–H groups in total. The van der Waals surface area contributed by atoms with Gasteiger partial charge in [-0.3, -0.25) is 4.98 Å². The van der Waals surface area contributed by atoms with Crippen molar-refractivity contribution in [3.8, 4) is 11.8 Å². The molecule has 0 unspecified atom stereocenters. The largest absolute Gasteiger partial charge is 0.378 e. The highest BCUT2D eigenvalue weighted by Gasteiger charge is 2.18. The lowest BCUT2D eigenvalue weighted by Crippen LogP contribution is -2.36. The van der Waals surface area contributed by atoms with Crippen molar-refractivity contribution >= 4 is 39.1 Å². The van der Waals surface area contributed by atoms with E-state index < -0.39 is 0 Å². The van der Waals surface area contributed by atoms with Crippen molar-refractivity contribution in [2.24, 2.45) is 0 Å². The molecule has 0 spiro atoms. The number of hydrogen-bond donors (Lipinski definition) is 0. The summed E-state index contributed by atoms with van der Waals surface area (Å²) in [6.07, 6.45) is 2.04. The molecular formula is C24H21ClN4O. The summed E-state index contributed by atoms with van der Waals surface area (Å²) in [7, 11) is 0. The minimum absolute atomic E-state index is 0.678. The quantitative estimate of drug-likeness (QED) is 0.453. The van der Waals surface area contributed by atoms with E-state index in [4.69, 9.17) is 21.3 Å². The lowest BCUT2D eigenvalue weighted by molar-refractivity contribution is 0.122. The van der Waals surface area contributed by atoms with Gasteiger partial charge in [-0.25, -0.2) is 0 Å². The molecule has 150 valence electrons. The molecule has 6 heteroatoms. The molecule has 30 heavy (non-hydrogen) atoms. The van der Waals surface area contributed by atoms with Gasteiger partial charge in [-0.1, -0.05) is 11.6 Å². The molecule has 0 aliphatic carbocycles. The molecule has 1 fully saturated rings. The SMILES string of the molecule is Cc1nc2ccc(Cl)cc2c(-n2ccc3c(C#N)cc(N4CCOCC4)cc32)c1C. The molecule has 1 saturated heterocycles. The van der Waals surface area contributed by atoms with E-state index in [1.807, 2.05) is 43.5 Å². The summed E-state index contributed by atoms with van der Waals surface area (Å²) >= 11 is 6.34. The lowest BCUT2D eigenvalue weighted by Gasteiger charge is -2.29. The number of halogens is 1. The molecule has 0 bridgehead atoms. The second-order valence-electron chi connectivity index (χ2n) is 7.66. The van der Waals surface area contributed by atoms with Crippen LogP contribution in [0.15, 0.2) is 42.6 Å². The molecule has 1 aliphatic rings. The summed E-state index contributed by atoms with van der Waals surface area (Å²) < 4.78 is 7.67. The number of benzene rings is 2. The number of hydrogen-bond acceptors (Lipinski definition) is 4. The van der Waals surface area contributed by atoms with E-state index in [0.29, 0.717) is 23.8 Å². The van der Waals surface area contributed by atoms with Crippen LogP contribution in [0, 0.1) is 25.2 Å². The average molecular weight is 417 g/mol. The van der Waals surface area contributed by atoms with E-state index in [2.05, 4.69) is 28.5 Å². The number of pyridine rings is 1. The molecule has 0 saturated carbocycles. The van der Waals surface area contributed by atoms with Crippen molar-refractivity contribution in [2.45, 2.75) is 13.8 Å². The Hall–Kier alpha value is -3.07. The highest BCUT2D eigenvalue weighted by atomic mass is 35.5. The van der Waals surface area contributed by atoms with E-state index in [9.17, 15) is 5.26 Å². The Balaban J connectivity index is 1.81. The fourth-order valence-electron chi connectivity index (χ4n) is 4.26. The molecule has 0 amide bonds. The van der Waals surface area contributed by atoms with Crippen molar-refractivity contribution < 1.29 is 4.74 Å². The van der Waals surface area contributed by atoms with Gasteiger partial charge in [-0.05, 0) is 55.8 Å². The number of rotatable bonds is 2. The summed E-state index contributed by atoms with van der Waals surface area (Å²) in [5, 5.41) is 12.4. The summed E-state index contributed by atoms with van der Waals surface area (Å²) in [5.74, 6) is 0. The Morgan fingerprint density at radius 1 is 1.07 bits per heavy atom. The molecule has 4 aromatic rings. The summed E-state index contributed by atoms with van der Waals surface area (Å²) in [6.45, 7) is 7.16. The van der Waals surface area contributed by atoms with Gasteiger partial charge < -0.3 is 14.2 Å². The molecule has 3 heterocycles. The number of nitrogens with zero attached hydrogens (tertiary/aromatic N) is 4. The zero-order chi connectivity index (χ0) is 20.8. The molecule has 1 aliphatic heterocycles. The first-order valence-corrected chi connectivity index (χ1v) is 10.4. The minimum atomic E-state index is 0.678. The maximum atomic E-state index is 9.82. The van der Waals surface area contributed by atoms with Crippen LogP contribution in [-0.2, 0) is 4.74 Å². The zero-order valence-corrected chi connectivity index (χ0v) is 17.7. The van der Waals surface area contributed by atoms with E-state index in [-0.39, 0.29) is 0 Å². The number of nitriles is 1.